The van der Waals surface area contributed by atoms with Gasteiger partial charge in [0.1, 0.15) is 5.65 Å². The van der Waals surface area contributed by atoms with E-state index < -0.39 is 5.97 Å². The van der Waals surface area contributed by atoms with Gasteiger partial charge in [-0.2, -0.15) is 0 Å². The molecule has 0 atom stereocenters. The lowest BCUT2D eigenvalue weighted by Gasteiger charge is -2.07. The zero-order valence-electron chi connectivity index (χ0n) is 13.1. The number of hydrogen-bond acceptors (Lipinski definition) is 3. The molecule has 3 rings (SSSR count). The fraction of sp³-hybridized carbons (Fsp3) is 0.222. The minimum absolute atomic E-state index is 0.137. The molecule has 0 saturated carbocycles. The van der Waals surface area contributed by atoms with Crippen molar-refractivity contribution in [2.45, 2.75) is 26.9 Å². The SMILES string of the molecule is CCc1cc(-c2nc3ccc(C)cn3c2CO)ccc1C(=O)O. The minimum Gasteiger partial charge on any atom is -0.478 e. The monoisotopic (exact) mass is 310 g/mol. The molecule has 0 amide bonds. The molecular weight excluding hydrogens is 292 g/mol. The molecule has 0 fully saturated rings. The van der Waals surface area contributed by atoms with Gasteiger partial charge in [-0.15, -0.1) is 0 Å². The van der Waals surface area contributed by atoms with Crippen LogP contribution < -0.4 is 0 Å². The fourth-order valence-electron chi connectivity index (χ4n) is 2.82. The van der Waals surface area contributed by atoms with Crippen LogP contribution in [0.25, 0.3) is 16.9 Å². The van der Waals surface area contributed by atoms with Gasteiger partial charge in [-0.25, -0.2) is 9.78 Å². The van der Waals surface area contributed by atoms with Crippen molar-refractivity contribution >= 4 is 11.6 Å². The molecule has 5 heteroatoms. The van der Waals surface area contributed by atoms with Gasteiger partial charge in [0, 0.05) is 11.8 Å². The number of fused-ring (bicyclic) bond motifs is 1. The third-order valence-electron chi connectivity index (χ3n) is 4.01. The van der Waals surface area contributed by atoms with Crippen molar-refractivity contribution in [1.29, 1.82) is 0 Å². The molecule has 0 unspecified atom stereocenters. The zero-order valence-corrected chi connectivity index (χ0v) is 13.1. The Hall–Kier alpha value is -2.66. The van der Waals surface area contributed by atoms with Gasteiger partial charge in [0.15, 0.2) is 0 Å². The number of nitrogens with zero attached hydrogens (tertiary/aromatic N) is 2. The molecule has 0 radical (unpaired) electrons. The van der Waals surface area contributed by atoms with Crippen LogP contribution in [0.15, 0.2) is 36.5 Å². The molecule has 2 heterocycles. The number of carboxylic acids is 1. The Bertz CT molecular complexity index is 897. The van der Waals surface area contributed by atoms with Gasteiger partial charge in [-0.05, 0) is 42.7 Å². The average molecular weight is 310 g/mol. The topological polar surface area (TPSA) is 74.8 Å². The fourth-order valence-corrected chi connectivity index (χ4v) is 2.82. The Kier molecular flexibility index (Phi) is 3.88. The van der Waals surface area contributed by atoms with Gasteiger partial charge in [-0.1, -0.05) is 19.1 Å². The van der Waals surface area contributed by atoms with Crippen LogP contribution in [0.4, 0.5) is 0 Å². The predicted octanol–water partition coefficient (Wildman–Crippen LogP) is 3.06. The minimum atomic E-state index is -0.929. The molecule has 23 heavy (non-hydrogen) atoms. The summed E-state index contributed by atoms with van der Waals surface area (Å²) in [5, 5.41) is 19.0. The van der Waals surface area contributed by atoms with Crippen molar-refractivity contribution in [2.75, 3.05) is 0 Å². The number of carbonyl (C=O) groups is 1. The van der Waals surface area contributed by atoms with Crippen molar-refractivity contribution in [3.63, 3.8) is 0 Å². The summed E-state index contributed by atoms with van der Waals surface area (Å²) in [6.45, 7) is 3.77. The van der Waals surface area contributed by atoms with Gasteiger partial charge in [0.25, 0.3) is 0 Å². The molecule has 0 aliphatic rings. The summed E-state index contributed by atoms with van der Waals surface area (Å²) >= 11 is 0. The van der Waals surface area contributed by atoms with Crippen LogP contribution in [0.2, 0.25) is 0 Å². The number of benzene rings is 1. The van der Waals surface area contributed by atoms with E-state index in [1.165, 1.54) is 0 Å². The molecule has 118 valence electrons. The third kappa shape index (κ3) is 2.59. The Morgan fingerprint density at radius 3 is 2.70 bits per heavy atom. The highest BCUT2D eigenvalue weighted by atomic mass is 16.4. The van der Waals surface area contributed by atoms with Crippen LogP contribution in [-0.2, 0) is 13.0 Å². The Labute approximate surface area is 133 Å². The standard InChI is InChI=1S/C18H18N2O3/c1-3-12-8-13(5-6-14(12)18(22)23)17-15(10-21)20-9-11(2)4-7-16(20)19-17/h4-9,21H,3,10H2,1-2H3,(H,22,23). The highest BCUT2D eigenvalue weighted by Gasteiger charge is 2.16. The molecule has 3 aromatic rings. The van der Waals surface area contributed by atoms with E-state index in [1.807, 2.05) is 42.6 Å². The van der Waals surface area contributed by atoms with E-state index in [-0.39, 0.29) is 6.61 Å². The van der Waals surface area contributed by atoms with Crippen LogP contribution in [0.5, 0.6) is 0 Å². The smallest absolute Gasteiger partial charge is 0.335 e. The number of rotatable bonds is 4. The highest BCUT2D eigenvalue weighted by Crippen LogP contribution is 2.27. The van der Waals surface area contributed by atoms with Crippen molar-refractivity contribution < 1.29 is 15.0 Å². The maximum Gasteiger partial charge on any atom is 0.335 e. The van der Waals surface area contributed by atoms with Gasteiger partial charge in [-0.3, -0.25) is 0 Å². The number of pyridine rings is 1. The Morgan fingerprint density at radius 1 is 1.26 bits per heavy atom. The zero-order chi connectivity index (χ0) is 16.6. The lowest BCUT2D eigenvalue weighted by Crippen LogP contribution is -2.02. The third-order valence-corrected chi connectivity index (χ3v) is 4.01. The first kappa shape index (κ1) is 15.2. The van der Waals surface area contributed by atoms with Crippen molar-refractivity contribution in [3.05, 3.63) is 58.9 Å². The summed E-state index contributed by atoms with van der Waals surface area (Å²) in [4.78, 5) is 15.9. The van der Waals surface area contributed by atoms with Crippen molar-refractivity contribution in [1.82, 2.24) is 9.38 Å². The maximum absolute atomic E-state index is 11.3. The summed E-state index contributed by atoms with van der Waals surface area (Å²) in [7, 11) is 0. The van der Waals surface area contributed by atoms with Crippen LogP contribution in [0.1, 0.15) is 34.1 Å². The molecule has 2 N–H and O–H groups in total. The van der Waals surface area contributed by atoms with Crippen LogP contribution in [0, 0.1) is 6.92 Å². The summed E-state index contributed by atoms with van der Waals surface area (Å²) in [5.74, 6) is -0.929. The molecular formula is C18H18N2O3. The number of carboxylic acid groups (broad SMARTS) is 1. The Morgan fingerprint density at radius 2 is 2.04 bits per heavy atom. The number of aromatic carboxylic acids is 1. The predicted molar refractivity (Wildman–Crippen MR) is 87.6 cm³/mol. The first-order chi connectivity index (χ1) is 11.0. The van der Waals surface area contributed by atoms with Gasteiger partial charge in [0.05, 0.1) is 23.6 Å². The van der Waals surface area contributed by atoms with Crippen molar-refractivity contribution in [3.8, 4) is 11.3 Å². The molecule has 2 aromatic heterocycles. The summed E-state index contributed by atoms with van der Waals surface area (Å²) < 4.78 is 1.88. The number of aryl methyl sites for hydroxylation is 2. The Balaban J connectivity index is 2.22. The summed E-state index contributed by atoms with van der Waals surface area (Å²) in [6.07, 6.45) is 2.56. The molecule has 0 aliphatic heterocycles. The summed E-state index contributed by atoms with van der Waals surface area (Å²) in [6, 6.07) is 9.07. The molecule has 5 nitrogen and oxygen atoms in total. The lowest BCUT2D eigenvalue weighted by molar-refractivity contribution is 0.0695. The van der Waals surface area contributed by atoms with Gasteiger partial charge >= 0.3 is 5.97 Å². The molecule has 1 aromatic carbocycles. The normalized spacial score (nSPS) is 11.1. The van der Waals surface area contributed by atoms with Crippen LogP contribution in [0.3, 0.4) is 0 Å². The highest BCUT2D eigenvalue weighted by molar-refractivity contribution is 5.90. The van der Waals surface area contributed by atoms with Crippen LogP contribution in [-0.4, -0.2) is 25.6 Å². The maximum atomic E-state index is 11.3. The van der Waals surface area contributed by atoms with E-state index in [4.69, 9.17) is 0 Å². The number of aliphatic hydroxyl groups excluding tert-OH is 1. The second-order valence-electron chi connectivity index (χ2n) is 5.53. The van der Waals surface area contributed by atoms with Gasteiger partial charge < -0.3 is 14.6 Å². The quantitative estimate of drug-likeness (QED) is 0.776. The first-order valence-corrected chi connectivity index (χ1v) is 7.50. The first-order valence-electron chi connectivity index (χ1n) is 7.50. The van der Waals surface area contributed by atoms with E-state index in [0.717, 1.165) is 22.3 Å². The van der Waals surface area contributed by atoms with Crippen LogP contribution >= 0.6 is 0 Å². The second-order valence-corrected chi connectivity index (χ2v) is 5.53. The number of aromatic nitrogens is 2. The van der Waals surface area contributed by atoms with E-state index in [1.54, 1.807) is 12.1 Å². The number of hydrogen-bond donors (Lipinski definition) is 2. The lowest BCUT2D eigenvalue weighted by atomic mass is 9.99. The second kappa shape index (κ2) is 5.85. The van der Waals surface area contributed by atoms with Crippen molar-refractivity contribution in [2.24, 2.45) is 0 Å². The average Bonchev–Trinajstić information content (AvgIpc) is 2.91. The molecule has 0 saturated heterocycles. The van der Waals surface area contributed by atoms with E-state index in [2.05, 4.69) is 4.98 Å². The van der Waals surface area contributed by atoms with Gasteiger partial charge in [0.2, 0.25) is 0 Å². The largest absolute Gasteiger partial charge is 0.478 e. The summed E-state index contributed by atoms with van der Waals surface area (Å²) in [5.41, 5.74) is 5.10. The van der Waals surface area contributed by atoms with E-state index in [9.17, 15) is 15.0 Å². The number of imidazole rings is 1. The molecule has 0 aliphatic carbocycles. The molecule has 0 bridgehead atoms. The molecule has 0 spiro atoms. The van der Waals surface area contributed by atoms with E-state index in [0.29, 0.717) is 23.4 Å². The number of aliphatic hydroxyl groups is 1. The van der Waals surface area contributed by atoms with E-state index >= 15 is 0 Å².